The van der Waals surface area contributed by atoms with Gasteiger partial charge in [-0.3, -0.25) is 4.90 Å². The van der Waals surface area contributed by atoms with E-state index in [4.69, 9.17) is 14.5 Å². The highest BCUT2D eigenvalue weighted by atomic mass is 16.6. The highest BCUT2D eigenvalue weighted by Crippen LogP contribution is 2.34. The molecule has 0 aliphatic carbocycles. The summed E-state index contributed by atoms with van der Waals surface area (Å²) in [5, 5.41) is 5.49. The van der Waals surface area contributed by atoms with Crippen LogP contribution in [0.1, 0.15) is 63.9 Å². The topological polar surface area (TPSA) is 126 Å². The lowest BCUT2D eigenvalue weighted by atomic mass is 10.0. The molecule has 2 N–H and O–H groups in total. The summed E-state index contributed by atoms with van der Waals surface area (Å²) >= 11 is 0. The van der Waals surface area contributed by atoms with E-state index in [1.807, 2.05) is 69.7 Å². The molecule has 4 heterocycles. The number of benzene rings is 3. The van der Waals surface area contributed by atoms with Crippen molar-refractivity contribution in [1.29, 1.82) is 0 Å². The molecule has 0 bridgehead atoms. The van der Waals surface area contributed by atoms with Crippen molar-refractivity contribution >= 4 is 28.9 Å². The number of likely N-dealkylation sites (tertiary alicyclic amines) is 2. The first-order valence-corrected chi connectivity index (χ1v) is 17.3. The molecule has 11 heteroatoms. The molecule has 3 aromatic carbocycles. The number of carbonyl (C=O) groups excluding carboxylic acids is 2. The van der Waals surface area contributed by atoms with Gasteiger partial charge in [0.1, 0.15) is 18.0 Å². The van der Waals surface area contributed by atoms with Crippen LogP contribution in [0.25, 0.3) is 33.2 Å². The number of anilines is 1. The Morgan fingerprint density at radius 3 is 2.32 bits per heavy atom. The van der Waals surface area contributed by atoms with Crippen LogP contribution in [0, 0.1) is 0 Å². The fourth-order valence-corrected chi connectivity index (χ4v) is 6.70. The monoisotopic (exact) mass is 673 g/mol. The van der Waals surface area contributed by atoms with Gasteiger partial charge in [-0.2, -0.15) is 0 Å². The normalized spacial score (nSPS) is 17.7. The molecule has 7 rings (SSSR count). The number of H-pyrrole nitrogens is 1. The summed E-state index contributed by atoms with van der Waals surface area (Å²) in [6.45, 7) is 7.80. The highest BCUT2D eigenvalue weighted by Gasteiger charge is 2.35. The third-order valence-electron chi connectivity index (χ3n) is 9.23. The molecule has 50 heavy (non-hydrogen) atoms. The summed E-state index contributed by atoms with van der Waals surface area (Å²) in [6.07, 6.45) is 8.56. The minimum atomic E-state index is -0.544. The lowest BCUT2D eigenvalue weighted by Crippen LogP contribution is -2.40. The number of ether oxygens (including phenoxy) is 2. The lowest BCUT2D eigenvalue weighted by molar-refractivity contribution is 0.0218. The summed E-state index contributed by atoms with van der Waals surface area (Å²) in [6, 6.07) is 22.2. The number of hydrogen-bond donors (Lipinski definition) is 2. The number of imidazole rings is 1. The van der Waals surface area contributed by atoms with Crippen LogP contribution in [0.3, 0.4) is 0 Å². The van der Waals surface area contributed by atoms with Gasteiger partial charge < -0.3 is 24.7 Å². The van der Waals surface area contributed by atoms with Gasteiger partial charge in [-0.15, -0.1) is 0 Å². The largest absolute Gasteiger partial charge is 0.445 e. The number of nitrogens with one attached hydrogen (secondary N) is 2. The van der Waals surface area contributed by atoms with Gasteiger partial charge in [-0.1, -0.05) is 54.6 Å². The predicted octanol–water partition coefficient (Wildman–Crippen LogP) is 7.97. The SMILES string of the molecule is CC(C)(C)OC(=O)N1CCCC1c1nc(-c2ccc3cc(-c4cnc(NCC5CCCN5C(=O)OCc5ccccc5)nc4)ccc3c2)c[nH]1. The maximum Gasteiger partial charge on any atom is 0.410 e. The van der Waals surface area contributed by atoms with E-state index < -0.39 is 5.60 Å². The highest BCUT2D eigenvalue weighted by molar-refractivity contribution is 5.90. The molecule has 5 aromatic rings. The second-order valence-corrected chi connectivity index (χ2v) is 14.0. The van der Waals surface area contributed by atoms with E-state index >= 15 is 0 Å². The molecule has 0 saturated carbocycles. The summed E-state index contributed by atoms with van der Waals surface area (Å²) in [4.78, 5) is 46.5. The second-order valence-electron chi connectivity index (χ2n) is 14.0. The Morgan fingerprint density at radius 2 is 1.56 bits per heavy atom. The molecule has 2 amide bonds. The van der Waals surface area contributed by atoms with Crippen LogP contribution in [0.5, 0.6) is 0 Å². The Morgan fingerprint density at radius 1 is 0.860 bits per heavy atom. The van der Waals surface area contributed by atoms with E-state index in [1.165, 1.54) is 0 Å². The third kappa shape index (κ3) is 7.56. The van der Waals surface area contributed by atoms with Gasteiger partial charge in [0.2, 0.25) is 5.95 Å². The molecular weight excluding hydrogens is 630 g/mol. The van der Waals surface area contributed by atoms with E-state index in [1.54, 1.807) is 9.80 Å². The zero-order valence-electron chi connectivity index (χ0n) is 28.8. The van der Waals surface area contributed by atoms with Gasteiger partial charge >= 0.3 is 12.2 Å². The van der Waals surface area contributed by atoms with E-state index in [9.17, 15) is 9.59 Å². The zero-order valence-corrected chi connectivity index (χ0v) is 28.8. The second kappa shape index (κ2) is 14.2. The standard InChI is InChI=1S/C39H43N7O4/c1-39(2,3)50-38(48)46-18-8-12-34(46)35-40-24-33(44-35)30-16-15-27-19-29(14-13-28(27)20-30)31-21-41-36(42-22-31)43-23-32-11-7-17-45(32)37(47)49-25-26-9-5-4-6-10-26/h4-6,9-10,13-16,19-22,24,32,34H,7-8,11-12,17-18,23,25H2,1-3H3,(H,40,44)(H,41,42,43). The molecule has 2 atom stereocenters. The lowest BCUT2D eigenvalue weighted by Gasteiger charge is -2.27. The van der Waals surface area contributed by atoms with Crippen molar-refractivity contribution in [3.63, 3.8) is 0 Å². The van der Waals surface area contributed by atoms with Gasteiger partial charge in [0, 0.05) is 49.4 Å². The first kappa shape index (κ1) is 33.1. The molecular formula is C39H43N7O4. The van der Waals surface area contributed by atoms with Gasteiger partial charge in [-0.25, -0.2) is 24.5 Å². The van der Waals surface area contributed by atoms with E-state index in [0.29, 0.717) is 25.6 Å². The van der Waals surface area contributed by atoms with Crippen molar-refractivity contribution in [2.75, 3.05) is 25.0 Å². The Kier molecular flexibility index (Phi) is 9.38. The smallest absolute Gasteiger partial charge is 0.410 e. The molecule has 2 unspecified atom stereocenters. The molecule has 2 saturated heterocycles. The van der Waals surface area contributed by atoms with E-state index in [2.05, 4.69) is 56.7 Å². The summed E-state index contributed by atoms with van der Waals surface area (Å²) in [5.74, 6) is 1.30. The molecule has 0 spiro atoms. The van der Waals surface area contributed by atoms with Crippen LogP contribution < -0.4 is 5.32 Å². The Balaban J connectivity index is 0.964. The van der Waals surface area contributed by atoms with Crippen LogP contribution in [0.2, 0.25) is 0 Å². The van der Waals surface area contributed by atoms with Gasteiger partial charge in [0.25, 0.3) is 0 Å². The maximum absolute atomic E-state index is 12.8. The van der Waals surface area contributed by atoms with Gasteiger partial charge in [-0.05, 0) is 80.5 Å². The molecule has 2 aliphatic rings. The maximum atomic E-state index is 12.8. The number of nitrogens with zero attached hydrogens (tertiary/aromatic N) is 5. The fourth-order valence-electron chi connectivity index (χ4n) is 6.70. The Hall–Kier alpha value is -5.45. The minimum absolute atomic E-state index is 0.0228. The zero-order chi connectivity index (χ0) is 34.7. The molecule has 258 valence electrons. The third-order valence-corrected chi connectivity index (χ3v) is 9.23. The van der Waals surface area contributed by atoms with Crippen molar-refractivity contribution in [2.24, 2.45) is 0 Å². The van der Waals surface area contributed by atoms with Gasteiger partial charge in [0.15, 0.2) is 0 Å². The van der Waals surface area contributed by atoms with Crippen LogP contribution in [-0.2, 0) is 16.1 Å². The average Bonchev–Trinajstić information content (AvgIpc) is 3.91. The molecule has 2 aromatic heterocycles. The number of rotatable bonds is 8. The predicted molar refractivity (Wildman–Crippen MR) is 192 cm³/mol. The number of fused-ring (bicyclic) bond motifs is 1. The van der Waals surface area contributed by atoms with Crippen molar-refractivity contribution in [3.8, 4) is 22.4 Å². The average molecular weight is 674 g/mol. The quantitative estimate of drug-likeness (QED) is 0.170. The van der Waals surface area contributed by atoms with E-state index in [-0.39, 0.29) is 30.9 Å². The summed E-state index contributed by atoms with van der Waals surface area (Å²) in [5.41, 5.74) is 4.19. The first-order chi connectivity index (χ1) is 24.2. The molecule has 0 radical (unpaired) electrons. The first-order valence-electron chi connectivity index (χ1n) is 17.3. The van der Waals surface area contributed by atoms with Gasteiger partial charge in [0.05, 0.1) is 17.8 Å². The number of aromatic nitrogens is 4. The Labute approximate surface area is 292 Å². The van der Waals surface area contributed by atoms with Crippen LogP contribution in [0.15, 0.2) is 85.3 Å². The number of hydrogen-bond acceptors (Lipinski definition) is 8. The van der Waals surface area contributed by atoms with Crippen LogP contribution >= 0.6 is 0 Å². The number of aromatic amines is 1. The Bertz CT molecular complexity index is 1960. The molecule has 2 aliphatic heterocycles. The number of amides is 2. The van der Waals surface area contributed by atoms with Crippen LogP contribution in [-0.4, -0.2) is 73.2 Å². The summed E-state index contributed by atoms with van der Waals surface area (Å²) < 4.78 is 11.2. The van der Waals surface area contributed by atoms with Crippen molar-refractivity contribution in [2.45, 2.75) is 70.7 Å². The van der Waals surface area contributed by atoms with E-state index in [0.717, 1.165) is 70.2 Å². The summed E-state index contributed by atoms with van der Waals surface area (Å²) in [7, 11) is 0. The van der Waals surface area contributed by atoms with Crippen LogP contribution in [0.4, 0.5) is 15.5 Å². The van der Waals surface area contributed by atoms with Crippen molar-refractivity contribution in [3.05, 3.63) is 96.7 Å². The molecule has 11 nitrogen and oxygen atoms in total. The number of carbonyl (C=O) groups is 2. The minimum Gasteiger partial charge on any atom is -0.445 e. The van der Waals surface area contributed by atoms with Crippen molar-refractivity contribution < 1.29 is 19.1 Å². The fraction of sp³-hybridized carbons (Fsp3) is 0.359. The van der Waals surface area contributed by atoms with Crippen molar-refractivity contribution in [1.82, 2.24) is 29.7 Å². The molecule has 2 fully saturated rings.